The molecule has 1 aromatic heterocycles. The Labute approximate surface area is 201 Å². The van der Waals surface area contributed by atoms with E-state index in [1.54, 1.807) is 42.5 Å². The molecule has 3 aromatic carbocycles. The molecule has 0 saturated carbocycles. The lowest BCUT2D eigenvalue weighted by molar-refractivity contribution is -0.116. The van der Waals surface area contributed by atoms with Crippen molar-refractivity contribution in [2.75, 3.05) is 16.7 Å². The van der Waals surface area contributed by atoms with E-state index < -0.39 is 21.7 Å². The van der Waals surface area contributed by atoms with E-state index in [1.165, 1.54) is 31.4 Å². The molecule has 1 heterocycles. The van der Waals surface area contributed by atoms with Crippen molar-refractivity contribution in [3.63, 3.8) is 0 Å². The molecular formula is C25H21F2N3O4S. The summed E-state index contributed by atoms with van der Waals surface area (Å²) in [6.07, 6.45) is 1.43. The van der Waals surface area contributed by atoms with Gasteiger partial charge in [0.1, 0.15) is 11.6 Å². The number of halogens is 2. The number of benzene rings is 3. The lowest BCUT2D eigenvalue weighted by Crippen LogP contribution is -2.26. The van der Waals surface area contributed by atoms with Gasteiger partial charge >= 0.3 is 0 Å². The summed E-state index contributed by atoms with van der Waals surface area (Å²) in [6, 6.07) is 17.7. The summed E-state index contributed by atoms with van der Waals surface area (Å²) in [4.78, 5) is 16.5. The second-order valence-corrected chi connectivity index (χ2v) is 9.60. The van der Waals surface area contributed by atoms with Crippen LogP contribution in [0.3, 0.4) is 0 Å². The van der Waals surface area contributed by atoms with Gasteiger partial charge in [0.15, 0.2) is 11.7 Å². The smallest absolute Gasteiger partial charge is 0.264 e. The Morgan fingerprint density at radius 3 is 2.54 bits per heavy atom. The lowest BCUT2D eigenvalue weighted by atomic mass is 10.2. The third-order valence-electron chi connectivity index (χ3n) is 5.21. The number of aromatic nitrogens is 1. The Morgan fingerprint density at radius 1 is 1.03 bits per heavy atom. The van der Waals surface area contributed by atoms with E-state index >= 15 is 0 Å². The van der Waals surface area contributed by atoms with E-state index in [1.807, 2.05) is 0 Å². The average Bonchev–Trinajstić information content (AvgIpc) is 3.31. The molecule has 180 valence electrons. The Balaban J connectivity index is 1.40. The first-order chi connectivity index (χ1) is 16.7. The number of carbonyl (C=O) groups is 1. The van der Waals surface area contributed by atoms with Gasteiger partial charge in [-0.3, -0.25) is 9.10 Å². The molecule has 0 aliphatic rings. The largest absolute Gasteiger partial charge is 0.441 e. The van der Waals surface area contributed by atoms with E-state index in [0.29, 0.717) is 11.4 Å². The highest BCUT2D eigenvalue weighted by Crippen LogP contribution is 2.26. The molecule has 1 N–H and O–H groups in total. The Kier molecular flexibility index (Phi) is 6.92. The van der Waals surface area contributed by atoms with Crippen molar-refractivity contribution >= 4 is 27.3 Å². The van der Waals surface area contributed by atoms with Crippen LogP contribution in [-0.4, -0.2) is 26.4 Å². The Morgan fingerprint density at radius 2 is 1.80 bits per heavy atom. The van der Waals surface area contributed by atoms with Crippen molar-refractivity contribution in [2.24, 2.45) is 0 Å². The molecule has 0 fully saturated rings. The number of anilines is 2. The van der Waals surface area contributed by atoms with E-state index in [2.05, 4.69) is 10.3 Å². The minimum atomic E-state index is -3.83. The maximum Gasteiger partial charge on any atom is 0.264 e. The van der Waals surface area contributed by atoms with Gasteiger partial charge in [-0.15, -0.1) is 0 Å². The first-order valence-corrected chi connectivity index (χ1v) is 12.0. The number of oxazole rings is 1. The van der Waals surface area contributed by atoms with Gasteiger partial charge in [0.2, 0.25) is 5.91 Å². The van der Waals surface area contributed by atoms with E-state index in [9.17, 15) is 22.0 Å². The zero-order valence-electron chi connectivity index (χ0n) is 18.6. The van der Waals surface area contributed by atoms with Gasteiger partial charge in [-0.2, -0.15) is 0 Å². The normalized spacial score (nSPS) is 11.3. The number of aryl methyl sites for hydroxylation is 1. The third kappa shape index (κ3) is 5.55. The summed E-state index contributed by atoms with van der Waals surface area (Å²) in [7, 11) is -2.38. The fourth-order valence-electron chi connectivity index (χ4n) is 3.35. The Hall–Kier alpha value is -4.05. The fraction of sp³-hybridized carbons (Fsp3) is 0.120. The lowest BCUT2D eigenvalue weighted by Gasteiger charge is -2.19. The summed E-state index contributed by atoms with van der Waals surface area (Å²) in [5.41, 5.74) is 0.889. The molecule has 35 heavy (non-hydrogen) atoms. The van der Waals surface area contributed by atoms with Crippen molar-refractivity contribution in [1.29, 1.82) is 0 Å². The third-order valence-corrected chi connectivity index (χ3v) is 6.99. The van der Waals surface area contributed by atoms with E-state index in [0.717, 1.165) is 16.4 Å². The van der Waals surface area contributed by atoms with Crippen LogP contribution in [0, 0.1) is 11.6 Å². The summed E-state index contributed by atoms with van der Waals surface area (Å²) >= 11 is 0. The highest BCUT2D eigenvalue weighted by Gasteiger charge is 2.22. The molecule has 0 aliphatic carbocycles. The van der Waals surface area contributed by atoms with Crippen molar-refractivity contribution in [3.05, 3.63) is 96.5 Å². The van der Waals surface area contributed by atoms with Crippen molar-refractivity contribution in [3.8, 4) is 11.3 Å². The number of nitrogens with zero attached hydrogens (tertiary/aromatic N) is 2. The predicted octanol–water partition coefficient (Wildman–Crippen LogP) is 5.02. The zero-order valence-corrected chi connectivity index (χ0v) is 19.4. The van der Waals surface area contributed by atoms with Gasteiger partial charge in [0.05, 0.1) is 22.3 Å². The number of amides is 1. The van der Waals surface area contributed by atoms with Crippen LogP contribution in [0.5, 0.6) is 0 Å². The van der Waals surface area contributed by atoms with Gasteiger partial charge in [-0.05, 0) is 42.5 Å². The number of para-hydroxylation sites is 1. The van der Waals surface area contributed by atoms with E-state index in [-0.39, 0.29) is 40.9 Å². The molecule has 0 radical (unpaired) electrons. The van der Waals surface area contributed by atoms with Crippen LogP contribution in [0.2, 0.25) is 0 Å². The number of hydrogen-bond donors (Lipinski definition) is 1. The van der Waals surface area contributed by atoms with Crippen molar-refractivity contribution in [2.45, 2.75) is 17.7 Å². The van der Waals surface area contributed by atoms with Crippen LogP contribution in [0.4, 0.5) is 20.2 Å². The van der Waals surface area contributed by atoms with Gasteiger partial charge in [0, 0.05) is 31.6 Å². The first kappa shape index (κ1) is 24.1. The number of nitrogens with one attached hydrogen (secondary N) is 1. The quantitative estimate of drug-likeness (QED) is 0.369. The molecule has 7 nitrogen and oxygen atoms in total. The summed E-state index contributed by atoms with van der Waals surface area (Å²) in [5, 5.41) is 2.66. The van der Waals surface area contributed by atoms with Gasteiger partial charge in [0.25, 0.3) is 10.0 Å². The summed E-state index contributed by atoms with van der Waals surface area (Å²) in [5.74, 6) is -1.54. The van der Waals surface area contributed by atoms with Crippen LogP contribution in [0.25, 0.3) is 11.3 Å². The second kappa shape index (κ2) is 10.1. The van der Waals surface area contributed by atoms with Gasteiger partial charge in [-0.1, -0.05) is 24.3 Å². The molecule has 4 rings (SSSR count). The first-order valence-electron chi connectivity index (χ1n) is 10.6. The van der Waals surface area contributed by atoms with Crippen LogP contribution >= 0.6 is 0 Å². The number of rotatable bonds is 8. The minimum Gasteiger partial charge on any atom is -0.441 e. The highest BCUT2D eigenvalue weighted by atomic mass is 32.2. The molecule has 0 atom stereocenters. The van der Waals surface area contributed by atoms with Crippen LogP contribution in [0.15, 0.2) is 88.3 Å². The predicted molar refractivity (Wildman–Crippen MR) is 127 cm³/mol. The molecular weight excluding hydrogens is 476 g/mol. The zero-order chi connectivity index (χ0) is 25.0. The molecule has 4 aromatic rings. The van der Waals surface area contributed by atoms with Crippen LogP contribution in [0.1, 0.15) is 12.3 Å². The Bertz CT molecular complexity index is 1460. The molecule has 0 unspecified atom stereocenters. The van der Waals surface area contributed by atoms with E-state index in [4.69, 9.17) is 4.42 Å². The maximum absolute atomic E-state index is 13.9. The average molecular weight is 498 g/mol. The summed E-state index contributed by atoms with van der Waals surface area (Å²) < 4.78 is 59.7. The molecule has 0 spiro atoms. The topological polar surface area (TPSA) is 92.5 Å². The van der Waals surface area contributed by atoms with Crippen molar-refractivity contribution in [1.82, 2.24) is 4.98 Å². The standard InChI is InChI=1S/C25H21F2N3O4S/c1-30(19-7-3-2-4-8-19)35(32,33)20-9-5-6-18(15-20)29-24(31)12-13-25-28-16-23(34-25)21-11-10-17(26)14-22(21)27/h2-11,14-16H,12-13H2,1H3,(H,29,31). The SMILES string of the molecule is CN(c1ccccc1)S(=O)(=O)c1cccc(NC(=O)CCc2ncc(-c3ccc(F)cc3F)o2)c1. The molecule has 0 bridgehead atoms. The monoisotopic (exact) mass is 497 g/mol. The molecule has 0 aliphatic heterocycles. The molecule has 1 amide bonds. The summed E-state index contributed by atoms with van der Waals surface area (Å²) in [6.45, 7) is 0. The van der Waals surface area contributed by atoms with Crippen LogP contribution in [-0.2, 0) is 21.2 Å². The maximum atomic E-state index is 13.9. The highest BCUT2D eigenvalue weighted by molar-refractivity contribution is 7.92. The second-order valence-electron chi connectivity index (χ2n) is 7.63. The van der Waals surface area contributed by atoms with Gasteiger partial charge < -0.3 is 9.73 Å². The minimum absolute atomic E-state index is 0.00719. The number of hydrogen-bond acceptors (Lipinski definition) is 5. The molecule has 10 heteroatoms. The number of sulfonamides is 1. The van der Waals surface area contributed by atoms with Gasteiger partial charge in [-0.25, -0.2) is 22.2 Å². The number of carbonyl (C=O) groups excluding carboxylic acids is 1. The molecule has 0 saturated heterocycles. The fourth-order valence-corrected chi connectivity index (χ4v) is 4.59. The van der Waals surface area contributed by atoms with Crippen LogP contribution < -0.4 is 9.62 Å². The van der Waals surface area contributed by atoms with Crippen molar-refractivity contribution < 1.29 is 26.4 Å².